The van der Waals surface area contributed by atoms with Gasteiger partial charge >= 0.3 is 0 Å². The lowest BCUT2D eigenvalue weighted by atomic mass is 9.88. The van der Waals surface area contributed by atoms with Crippen molar-refractivity contribution in [3.05, 3.63) is 0 Å². The number of carbonyl (C=O) groups is 1. The molecule has 0 aromatic carbocycles. The molecule has 1 amide bonds. The molecule has 1 saturated heterocycles. The number of nitriles is 1. The molecule has 4 nitrogen and oxygen atoms in total. The average molecular weight is 228 g/mol. The van der Waals surface area contributed by atoms with Crippen LogP contribution in [0.1, 0.15) is 20.3 Å². The van der Waals surface area contributed by atoms with Crippen LogP contribution in [0, 0.1) is 16.7 Å². The fourth-order valence-electron chi connectivity index (χ4n) is 1.47. The van der Waals surface area contributed by atoms with Gasteiger partial charge in [-0.1, -0.05) is 6.92 Å². The number of hydrogen-bond donors (Lipinski definition) is 0. The monoisotopic (exact) mass is 228 g/mol. The Labute approximate surface area is 92.7 Å². The minimum absolute atomic E-state index is 0.121. The van der Waals surface area contributed by atoms with Crippen molar-refractivity contribution in [1.82, 2.24) is 4.90 Å². The van der Waals surface area contributed by atoms with Gasteiger partial charge in [0.2, 0.25) is 5.91 Å². The van der Waals surface area contributed by atoms with E-state index in [1.54, 1.807) is 11.8 Å². The Morgan fingerprint density at radius 1 is 1.53 bits per heavy atom. The van der Waals surface area contributed by atoms with Gasteiger partial charge in [-0.05, 0) is 13.3 Å². The lowest BCUT2D eigenvalue weighted by Gasteiger charge is -2.31. The Morgan fingerprint density at radius 3 is 2.47 bits per heavy atom. The van der Waals surface area contributed by atoms with E-state index in [0.29, 0.717) is 31.0 Å². The van der Waals surface area contributed by atoms with Gasteiger partial charge in [0.15, 0.2) is 0 Å². The van der Waals surface area contributed by atoms with Gasteiger partial charge in [-0.15, -0.1) is 0 Å². The van der Waals surface area contributed by atoms with Crippen LogP contribution in [0.15, 0.2) is 0 Å². The number of hydrogen-bond acceptors (Lipinski definition) is 3. The second-order valence-corrected chi connectivity index (χ2v) is 5.63. The first-order valence-electron chi connectivity index (χ1n) is 5.09. The topological polar surface area (TPSA) is 61.2 Å². The summed E-state index contributed by atoms with van der Waals surface area (Å²) in [5, 5.41) is 8.98. The highest BCUT2D eigenvalue weighted by Crippen LogP contribution is 2.23. The van der Waals surface area contributed by atoms with Crippen molar-refractivity contribution >= 4 is 16.7 Å². The largest absolute Gasteiger partial charge is 0.339 e. The minimum Gasteiger partial charge on any atom is -0.339 e. The van der Waals surface area contributed by atoms with Gasteiger partial charge < -0.3 is 4.90 Å². The normalized spacial score (nSPS) is 21.8. The average Bonchev–Trinajstić information content (AvgIpc) is 2.28. The van der Waals surface area contributed by atoms with Crippen LogP contribution in [0.2, 0.25) is 0 Å². The Morgan fingerprint density at radius 2 is 2.07 bits per heavy atom. The zero-order chi connectivity index (χ0) is 11.5. The van der Waals surface area contributed by atoms with Crippen molar-refractivity contribution < 1.29 is 9.00 Å². The molecule has 1 aliphatic rings. The molecule has 0 aromatic heterocycles. The van der Waals surface area contributed by atoms with Crippen LogP contribution in [0.3, 0.4) is 0 Å². The van der Waals surface area contributed by atoms with Crippen molar-refractivity contribution in [3.8, 4) is 6.07 Å². The first-order valence-corrected chi connectivity index (χ1v) is 6.58. The van der Waals surface area contributed by atoms with Crippen LogP contribution in [0.5, 0.6) is 0 Å². The van der Waals surface area contributed by atoms with Gasteiger partial charge in [-0.2, -0.15) is 5.26 Å². The van der Waals surface area contributed by atoms with E-state index in [2.05, 4.69) is 6.07 Å². The van der Waals surface area contributed by atoms with Gasteiger partial charge in [0.05, 0.1) is 6.07 Å². The third kappa shape index (κ3) is 2.57. The predicted molar refractivity (Wildman–Crippen MR) is 58.5 cm³/mol. The highest BCUT2D eigenvalue weighted by Gasteiger charge is 2.36. The fourth-order valence-corrected chi connectivity index (χ4v) is 2.52. The smallest absolute Gasteiger partial charge is 0.242 e. The molecule has 1 rings (SSSR count). The second-order valence-electron chi connectivity index (χ2n) is 3.94. The van der Waals surface area contributed by atoms with Crippen molar-refractivity contribution in [2.45, 2.75) is 20.3 Å². The molecular formula is C10H16N2O2S. The first-order chi connectivity index (χ1) is 7.03. The summed E-state index contributed by atoms with van der Waals surface area (Å²) in [4.78, 5) is 13.7. The molecular weight excluding hydrogens is 212 g/mol. The molecule has 1 unspecified atom stereocenters. The lowest BCUT2D eigenvalue weighted by Crippen LogP contribution is -2.47. The third-order valence-electron chi connectivity index (χ3n) is 2.89. The molecule has 5 heteroatoms. The van der Waals surface area contributed by atoms with Crippen LogP contribution >= 0.6 is 0 Å². The summed E-state index contributed by atoms with van der Waals surface area (Å²) in [6.07, 6.45) is 0.516. The number of nitrogens with zero attached hydrogens (tertiary/aromatic N) is 2. The third-order valence-corrected chi connectivity index (χ3v) is 4.17. The molecule has 0 bridgehead atoms. The zero-order valence-corrected chi connectivity index (χ0v) is 9.97. The molecule has 15 heavy (non-hydrogen) atoms. The van der Waals surface area contributed by atoms with E-state index < -0.39 is 16.2 Å². The van der Waals surface area contributed by atoms with E-state index >= 15 is 0 Å². The Kier molecular flexibility index (Phi) is 3.86. The Balaban J connectivity index is 2.69. The number of carbonyl (C=O) groups excluding carboxylic acids is 1. The van der Waals surface area contributed by atoms with Crippen molar-refractivity contribution in [2.24, 2.45) is 5.41 Å². The van der Waals surface area contributed by atoms with Crippen molar-refractivity contribution in [3.63, 3.8) is 0 Å². The van der Waals surface area contributed by atoms with Crippen LogP contribution in [-0.2, 0) is 15.6 Å². The quantitative estimate of drug-likeness (QED) is 0.692. The minimum atomic E-state index is -0.918. The summed E-state index contributed by atoms with van der Waals surface area (Å²) in [7, 11) is -0.785. The van der Waals surface area contributed by atoms with E-state index in [0.717, 1.165) is 0 Å². The lowest BCUT2D eigenvalue weighted by molar-refractivity contribution is -0.138. The van der Waals surface area contributed by atoms with Crippen LogP contribution in [-0.4, -0.2) is 39.6 Å². The maximum absolute atomic E-state index is 12.0. The van der Waals surface area contributed by atoms with Gasteiger partial charge in [-0.25, -0.2) is 0 Å². The Hall–Kier alpha value is -0.890. The maximum Gasteiger partial charge on any atom is 0.242 e. The van der Waals surface area contributed by atoms with Crippen molar-refractivity contribution in [1.29, 1.82) is 5.26 Å². The van der Waals surface area contributed by atoms with Gasteiger partial charge in [0.25, 0.3) is 0 Å². The maximum atomic E-state index is 12.0. The van der Waals surface area contributed by atoms with Crippen LogP contribution in [0.4, 0.5) is 0 Å². The first kappa shape index (κ1) is 12.2. The van der Waals surface area contributed by atoms with Gasteiger partial charge in [0, 0.05) is 35.4 Å². The highest BCUT2D eigenvalue weighted by atomic mass is 32.2. The number of amides is 1. The summed E-state index contributed by atoms with van der Waals surface area (Å²) < 4.78 is 11.1. The van der Waals surface area contributed by atoms with E-state index in [-0.39, 0.29) is 5.91 Å². The summed E-state index contributed by atoms with van der Waals surface area (Å²) in [6, 6.07) is 2.07. The fraction of sp³-hybridized carbons (Fsp3) is 0.800. The molecule has 0 spiro atoms. The number of rotatable bonds is 2. The molecule has 84 valence electrons. The summed E-state index contributed by atoms with van der Waals surface area (Å²) in [6.45, 7) is 4.54. The van der Waals surface area contributed by atoms with Crippen molar-refractivity contribution in [2.75, 3.05) is 24.6 Å². The summed E-state index contributed by atoms with van der Waals surface area (Å²) in [5.41, 5.74) is -0.918. The SMILES string of the molecule is CCC(C)(C#N)C(=O)N1CCS(=O)CC1. The van der Waals surface area contributed by atoms with Crippen LogP contribution < -0.4 is 0 Å². The molecule has 0 saturated carbocycles. The Bertz CT molecular complexity index is 314. The van der Waals surface area contributed by atoms with E-state index in [1.807, 2.05) is 6.92 Å². The highest BCUT2D eigenvalue weighted by molar-refractivity contribution is 7.85. The second kappa shape index (κ2) is 4.75. The molecule has 1 aliphatic heterocycles. The standard InChI is InChI=1S/C10H16N2O2S/c1-3-10(2,8-11)9(13)12-4-6-15(14)7-5-12/h3-7H2,1-2H3. The van der Waals surface area contributed by atoms with E-state index in [9.17, 15) is 9.00 Å². The zero-order valence-electron chi connectivity index (χ0n) is 9.15. The molecule has 0 radical (unpaired) electrons. The molecule has 1 atom stereocenters. The molecule has 1 heterocycles. The molecule has 0 aromatic rings. The van der Waals surface area contributed by atoms with E-state index in [1.165, 1.54) is 0 Å². The van der Waals surface area contributed by atoms with Crippen LogP contribution in [0.25, 0.3) is 0 Å². The summed E-state index contributed by atoms with van der Waals surface area (Å²) in [5.74, 6) is 0.956. The predicted octanol–water partition coefficient (Wildman–Crippen LogP) is 0.517. The summed E-state index contributed by atoms with van der Waals surface area (Å²) >= 11 is 0. The van der Waals surface area contributed by atoms with Gasteiger partial charge in [0.1, 0.15) is 5.41 Å². The molecule has 0 aliphatic carbocycles. The van der Waals surface area contributed by atoms with Gasteiger partial charge in [-0.3, -0.25) is 9.00 Å². The van der Waals surface area contributed by atoms with E-state index in [4.69, 9.17) is 5.26 Å². The molecule has 0 N–H and O–H groups in total. The molecule has 1 fully saturated rings.